The fraction of sp³-hybridized carbons (Fsp3) is 0.333. The fourth-order valence-electron chi connectivity index (χ4n) is 5.96. The summed E-state index contributed by atoms with van der Waals surface area (Å²) in [5.74, 6) is -0.143. The van der Waals surface area contributed by atoms with Crippen molar-refractivity contribution in [2.75, 3.05) is 38.6 Å². The average Bonchev–Trinajstić information content (AvgIpc) is 3.81. The molecule has 3 heterocycles. The average molecular weight is 635 g/mol. The molecule has 1 aliphatic carbocycles. The van der Waals surface area contributed by atoms with Gasteiger partial charge in [0.1, 0.15) is 17.1 Å². The van der Waals surface area contributed by atoms with Gasteiger partial charge in [0.15, 0.2) is 11.3 Å². The second-order valence-electron chi connectivity index (χ2n) is 11.5. The molecular weight excluding hydrogens is 601 g/mol. The standard InChI is InChI=1S/C33H33F3N6O4/c1-19-27(21-10-12-23(46-3)13-11-21)39-30-25(18-37-42(30)29(19)33(34,35)36)32(45)41-16-14-40(15-17-41)28(20(2)43)24-6-4-5-7-26(24)38-31(44)22-8-9-22/h4-7,10-13,18,22,28,43H,2,8-9,14-17H2,1,3H3,(H,38,44)/t28-/m1/s1. The van der Waals surface area contributed by atoms with Crippen molar-refractivity contribution >= 4 is 23.1 Å². The number of hydrogen-bond donors (Lipinski definition) is 2. The zero-order valence-electron chi connectivity index (χ0n) is 25.3. The van der Waals surface area contributed by atoms with E-state index < -0.39 is 23.8 Å². The van der Waals surface area contributed by atoms with Gasteiger partial charge in [0.05, 0.1) is 25.0 Å². The number of anilines is 1. The quantitative estimate of drug-likeness (QED) is 0.241. The van der Waals surface area contributed by atoms with E-state index in [4.69, 9.17) is 4.74 Å². The third-order valence-electron chi connectivity index (χ3n) is 8.49. The highest BCUT2D eigenvalue weighted by molar-refractivity contribution is 6.00. The van der Waals surface area contributed by atoms with Crippen LogP contribution in [0.15, 0.2) is 67.1 Å². The Morgan fingerprint density at radius 3 is 2.35 bits per heavy atom. The minimum Gasteiger partial charge on any atom is -0.511 e. The van der Waals surface area contributed by atoms with E-state index in [1.54, 1.807) is 36.4 Å². The number of para-hydroxylation sites is 1. The summed E-state index contributed by atoms with van der Waals surface area (Å²) in [5.41, 5.74) is 0.398. The Morgan fingerprint density at radius 2 is 1.74 bits per heavy atom. The number of hydrogen-bond acceptors (Lipinski definition) is 7. The van der Waals surface area contributed by atoms with E-state index in [-0.39, 0.29) is 53.1 Å². The first-order valence-corrected chi connectivity index (χ1v) is 14.9. The van der Waals surface area contributed by atoms with Crippen molar-refractivity contribution in [1.82, 2.24) is 24.4 Å². The lowest BCUT2D eigenvalue weighted by Crippen LogP contribution is -2.50. The van der Waals surface area contributed by atoms with E-state index in [1.807, 2.05) is 17.0 Å². The Balaban J connectivity index is 1.27. The Kier molecular flexibility index (Phi) is 8.19. The lowest BCUT2D eigenvalue weighted by molar-refractivity contribution is -0.143. The zero-order chi connectivity index (χ0) is 32.7. The van der Waals surface area contributed by atoms with Crippen LogP contribution in [0.4, 0.5) is 18.9 Å². The predicted molar refractivity (Wildman–Crippen MR) is 164 cm³/mol. The van der Waals surface area contributed by atoms with Crippen LogP contribution >= 0.6 is 0 Å². The molecule has 0 unspecified atom stereocenters. The molecule has 2 aromatic carbocycles. The van der Waals surface area contributed by atoms with Gasteiger partial charge in [-0.1, -0.05) is 24.8 Å². The maximum atomic E-state index is 14.4. The molecule has 1 saturated carbocycles. The molecule has 1 atom stereocenters. The molecule has 6 rings (SSSR count). The minimum absolute atomic E-state index is 0.00351. The summed E-state index contributed by atoms with van der Waals surface area (Å²) in [7, 11) is 1.49. The highest BCUT2D eigenvalue weighted by Gasteiger charge is 2.39. The Morgan fingerprint density at radius 1 is 1.07 bits per heavy atom. The molecule has 2 amide bonds. The van der Waals surface area contributed by atoms with Crippen LogP contribution in [0.2, 0.25) is 0 Å². The van der Waals surface area contributed by atoms with Gasteiger partial charge in [0, 0.05) is 54.5 Å². The number of rotatable bonds is 8. The number of aliphatic hydroxyl groups excluding tert-OH is 1. The van der Waals surface area contributed by atoms with Crippen LogP contribution in [-0.2, 0) is 11.0 Å². The van der Waals surface area contributed by atoms with Gasteiger partial charge in [-0.15, -0.1) is 0 Å². The van der Waals surface area contributed by atoms with E-state index >= 15 is 0 Å². The summed E-state index contributed by atoms with van der Waals surface area (Å²) in [6.45, 7) is 6.22. The Hall–Kier alpha value is -4.91. The van der Waals surface area contributed by atoms with Gasteiger partial charge in [0.2, 0.25) is 5.91 Å². The number of nitrogens with one attached hydrogen (secondary N) is 1. The highest BCUT2D eigenvalue weighted by atomic mass is 19.4. The van der Waals surface area contributed by atoms with E-state index in [2.05, 4.69) is 22.0 Å². The van der Waals surface area contributed by atoms with Crippen molar-refractivity contribution in [3.8, 4) is 17.0 Å². The monoisotopic (exact) mass is 634 g/mol. The number of benzene rings is 2. The van der Waals surface area contributed by atoms with E-state index in [0.717, 1.165) is 19.0 Å². The second-order valence-corrected chi connectivity index (χ2v) is 11.5. The lowest BCUT2D eigenvalue weighted by atomic mass is 10.00. The third kappa shape index (κ3) is 5.89. The first kappa shape index (κ1) is 31.1. The van der Waals surface area contributed by atoms with Crippen LogP contribution in [0.25, 0.3) is 16.9 Å². The van der Waals surface area contributed by atoms with Gasteiger partial charge in [-0.3, -0.25) is 14.5 Å². The number of halogens is 3. The molecule has 13 heteroatoms. The SMILES string of the molecule is C=C(O)[C@H](c1ccccc1NC(=O)C1CC1)N1CCN(C(=O)c2cnn3c(C(F)(F)F)c(C)c(-c4ccc(OC)cc4)nc23)CC1. The molecule has 2 aliphatic rings. The van der Waals surface area contributed by atoms with Crippen LogP contribution in [0.5, 0.6) is 5.75 Å². The Bertz CT molecular complexity index is 1810. The molecule has 240 valence electrons. The summed E-state index contributed by atoms with van der Waals surface area (Å²) in [5, 5.41) is 17.6. The number of fused-ring (bicyclic) bond motifs is 1. The van der Waals surface area contributed by atoms with Crippen LogP contribution in [0.3, 0.4) is 0 Å². The molecule has 46 heavy (non-hydrogen) atoms. The largest absolute Gasteiger partial charge is 0.511 e. The topological polar surface area (TPSA) is 112 Å². The fourth-order valence-corrected chi connectivity index (χ4v) is 5.96. The van der Waals surface area contributed by atoms with Crippen molar-refractivity contribution in [2.24, 2.45) is 5.92 Å². The molecular formula is C33H33F3N6O4. The maximum Gasteiger partial charge on any atom is 0.433 e. The van der Waals surface area contributed by atoms with Gasteiger partial charge >= 0.3 is 6.18 Å². The van der Waals surface area contributed by atoms with Gasteiger partial charge in [-0.25, -0.2) is 9.50 Å². The number of nitrogens with zero attached hydrogens (tertiary/aromatic N) is 5. The predicted octanol–water partition coefficient (Wildman–Crippen LogP) is 5.65. The number of carbonyl (C=O) groups excluding carboxylic acids is 2. The van der Waals surface area contributed by atoms with E-state index in [9.17, 15) is 27.9 Å². The second kappa shape index (κ2) is 12.1. The molecule has 2 fully saturated rings. The minimum atomic E-state index is -4.76. The molecule has 0 radical (unpaired) electrons. The molecule has 0 spiro atoms. The molecule has 1 saturated heterocycles. The Labute approximate surface area is 263 Å². The van der Waals surface area contributed by atoms with Crippen LogP contribution < -0.4 is 10.1 Å². The van der Waals surface area contributed by atoms with Gasteiger partial charge in [-0.05, 0) is 50.1 Å². The van der Waals surface area contributed by atoms with Crippen molar-refractivity contribution in [1.29, 1.82) is 0 Å². The number of methoxy groups -OCH3 is 1. The molecule has 2 aromatic heterocycles. The molecule has 4 aromatic rings. The number of ether oxygens (including phenoxy) is 1. The molecule has 0 bridgehead atoms. The zero-order valence-corrected chi connectivity index (χ0v) is 25.3. The number of aromatic nitrogens is 3. The third-order valence-corrected chi connectivity index (χ3v) is 8.49. The van der Waals surface area contributed by atoms with Crippen molar-refractivity contribution < 1.29 is 32.6 Å². The summed E-state index contributed by atoms with van der Waals surface area (Å²) < 4.78 is 48.9. The lowest BCUT2D eigenvalue weighted by Gasteiger charge is -2.39. The van der Waals surface area contributed by atoms with Crippen molar-refractivity contribution in [3.63, 3.8) is 0 Å². The number of aliphatic hydroxyl groups is 1. The summed E-state index contributed by atoms with van der Waals surface area (Å²) in [4.78, 5) is 34.3. The highest BCUT2D eigenvalue weighted by Crippen LogP contribution is 2.38. The first-order chi connectivity index (χ1) is 22.0. The normalized spacial score (nSPS) is 16.3. The molecule has 10 nitrogen and oxygen atoms in total. The van der Waals surface area contributed by atoms with Crippen LogP contribution in [0.1, 0.15) is 46.1 Å². The van der Waals surface area contributed by atoms with E-state index in [1.165, 1.54) is 18.9 Å². The first-order valence-electron chi connectivity index (χ1n) is 14.9. The number of amides is 2. The molecule has 2 N–H and O–H groups in total. The van der Waals surface area contributed by atoms with Crippen molar-refractivity contribution in [2.45, 2.75) is 32.0 Å². The van der Waals surface area contributed by atoms with Gasteiger partial charge in [-0.2, -0.15) is 18.3 Å². The van der Waals surface area contributed by atoms with E-state index in [0.29, 0.717) is 40.2 Å². The van der Waals surface area contributed by atoms with Crippen molar-refractivity contribution in [3.05, 3.63) is 89.5 Å². The van der Waals surface area contributed by atoms with Crippen LogP contribution in [-0.4, -0.2) is 74.6 Å². The maximum absolute atomic E-state index is 14.4. The number of piperazine rings is 1. The molecule has 1 aliphatic heterocycles. The van der Waals surface area contributed by atoms with Crippen LogP contribution in [0, 0.1) is 12.8 Å². The summed E-state index contributed by atoms with van der Waals surface area (Å²) in [6, 6.07) is 13.1. The smallest absolute Gasteiger partial charge is 0.433 e. The van der Waals surface area contributed by atoms with Gasteiger partial charge in [0.25, 0.3) is 5.91 Å². The number of carbonyl (C=O) groups is 2. The number of alkyl halides is 3. The summed E-state index contributed by atoms with van der Waals surface area (Å²) in [6.07, 6.45) is -1.94. The summed E-state index contributed by atoms with van der Waals surface area (Å²) >= 11 is 0. The van der Waals surface area contributed by atoms with Gasteiger partial charge < -0.3 is 20.1 Å².